The number of nitrogens with one attached hydrogen (secondary N) is 2. The van der Waals surface area contributed by atoms with E-state index in [-0.39, 0.29) is 30.3 Å². The molecule has 0 aliphatic heterocycles. The number of aromatic nitrogens is 3. The smallest absolute Gasteiger partial charge is 0.343 e. The van der Waals surface area contributed by atoms with Crippen molar-refractivity contribution in [2.45, 2.75) is 26.7 Å². The number of aryl methyl sites for hydroxylation is 2. The molecule has 0 aliphatic carbocycles. The van der Waals surface area contributed by atoms with E-state index in [1.54, 1.807) is 26.2 Å². The van der Waals surface area contributed by atoms with E-state index in [4.69, 9.17) is 4.74 Å². The molecule has 0 atom stereocenters. The summed E-state index contributed by atoms with van der Waals surface area (Å²) in [5, 5.41) is 9.27. The van der Waals surface area contributed by atoms with Gasteiger partial charge in [0.2, 0.25) is 5.91 Å². The van der Waals surface area contributed by atoms with E-state index in [0.29, 0.717) is 12.1 Å². The highest BCUT2D eigenvalue weighted by molar-refractivity contribution is 6.00. The third-order valence-corrected chi connectivity index (χ3v) is 3.07. The molecule has 0 aromatic carbocycles. The lowest BCUT2D eigenvalue weighted by atomic mass is 10.1. The van der Waals surface area contributed by atoms with E-state index in [1.165, 1.54) is 0 Å². The predicted octanol–water partition coefficient (Wildman–Crippen LogP) is 1.86. The molecule has 0 bridgehead atoms. The Hall–Kier alpha value is -2.70. The van der Waals surface area contributed by atoms with Crippen molar-refractivity contribution < 1.29 is 14.3 Å². The molecule has 0 radical (unpaired) electrons. The minimum atomic E-state index is -0.502. The van der Waals surface area contributed by atoms with E-state index in [1.807, 2.05) is 12.1 Å². The monoisotopic (exact) mass is 302 g/mol. The molecule has 0 aliphatic rings. The first-order valence-electron chi connectivity index (χ1n) is 7.02. The largest absolute Gasteiger partial charge is 0.462 e. The molecule has 7 heteroatoms. The summed E-state index contributed by atoms with van der Waals surface area (Å²) in [7, 11) is 0. The maximum atomic E-state index is 12.0. The molecule has 0 unspecified atom stereocenters. The normalized spacial score (nSPS) is 10.3. The van der Waals surface area contributed by atoms with E-state index >= 15 is 0 Å². The van der Waals surface area contributed by atoms with Gasteiger partial charge in [-0.1, -0.05) is 0 Å². The average molecular weight is 302 g/mol. The number of ether oxygens (including phenoxy) is 1. The minimum absolute atomic E-state index is 0.204. The Balaban J connectivity index is 1.98. The van der Waals surface area contributed by atoms with Crippen molar-refractivity contribution in [3.8, 4) is 0 Å². The van der Waals surface area contributed by atoms with Gasteiger partial charge in [0.1, 0.15) is 5.56 Å². The quantitative estimate of drug-likeness (QED) is 0.794. The van der Waals surface area contributed by atoms with E-state index < -0.39 is 5.97 Å². The first-order chi connectivity index (χ1) is 10.6. The van der Waals surface area contributed by atoms with Crippen LogP contribution in [0.1, 0.15) is 35.0 Å². The van der Waals surface area contributed by atoms with Crippen molar-refractivity contribution in [2.24, 2.45) is 0 Å². The van der Waals surface area contributed by atoms with Crippen molar-refractivity contribution in [2.75, 3.05) is 11.9 Å². The van der Waals surface area contributed by atoms with Gasteiger partial charge in [-0.2, -0.15) is 5.10 Å². The molecule has 2 aromatic heterocycles. The zero-order valence-corrected chi connectivity index (χ0v) is 12.5. The third kappa shape index (κ3) is 3.91. The molecule has 116 valence electrons. The van der Waals surface area contributed by atoms with Crippen molar-refractivity contribution in [1.29, 1.82) is 0 Å². The number of hydrogen-bond donors (Lipinski definition) is 2. The summed E-state index contributed by atoms with van der Waals surface area (Å²) >= 11 is 0. The number of pyridine rings is 1. The lowest BCUT2D eigenvalue weighted by molar-refractivity contribution is -0.116. The van der Waals surface area contributed by atoms with Crippen LogP contribution < -0.4 is 5.32 Å². The zero-order chi connectivity index (χ0) is 15.9. The fourth-order valence-corrected chi connectivity index (χ4v) is 1.97. The molecule has 2 heterocycles. The number of hydrogen-bond acceptors (Lipinski definition) is 5. The van der Waals surface area contributed by atoms with Crippen LogP contribution in [0.25, 0.3) is 0 Å². The minimum Gasteiger partial charge on any atom is -0.462 e. The van der Waals surface area contributed by atoms with Gasteiger partial charge in [-0.05, 0) is 38.0 Å². The van der Waals surface area contributed by atoms with E-state index in [0.717, 1.165) is 5.56 Å². The Kier molecular flexibility index (Phi) is 5.24. The molecule has 0 saturated carbocycles. The van der Waals surface area contributed by atoms with Crippen LogP contribution in [0, 0.1) is 6.92 Å². The molecule has 2 N–H and O–H groups in total. The van der Waals surface area contributed by atoms with Gasteiger partial charge in [-0.3, -0.25) is 14.9 Å². The number of amides is 1. The van der Waals surface area contributed by atoms with Crippen molar-refractivity contribution >= 4 is 17.7 Å². The lowest BCUT2D eigenvalue weighted by Gasteiger charge is -2.06. The van der Waals surface area contributed by atoms with Crippen LogP contribution in [-0.2, 0) is 16.0 Å². The second-order valence-electron chi connectivity index (χ2n) is 4.70. The van der Waals surface area contributed by atoms with Gasteiger partial charge in [-0.15, -0.1) is 0 Å². The summed E-state index contributed by atoms with van der Waals surface area (Å²) in [6.07, 6.45) is 4.25. The summed E-state index contributed by atoms with van der Waals surface area (Å²) in [5.41, 5.74) is 1.84. The number of rotatable bonds is 6. The summed E-state index contributed by atoms with van der Waals surface area (Å²) in [4.78, 5) is 27.8. The fraction of sp³-hybridized carbons (Fsp3) is 0.333. The van der Waals surface area contributed by atoms with Crippen LogP contribution in [0.3, 0.4) is 0 Å². The summed E-state index contributed by atoms with van der Waals surface area (Å²) in [5.74, 6) is -0.511. The van der Waals surface area contributed by atoms with Gasteiger partial charge in [0.15, 0.2) is 5.82 Å². The van der Waals surface area contributed by atoms with Crippen LogP contribution in [0.15, 0.2) is 24.5 Å². The fourth-order valence-electron chi connectivity index (χ4n) is 1.97. The Morgan fingerprint density at radius 1 is 1.32 bits per heavy atom. The molecule has 0 saturated heterocycles. The number of aromatic amines is 1. The van der Waals surface area contributed by atoms with Gasteiger partial charge in [0.05, 0.1) is 6.61 Å². The number of anilines is 1. The maximum Gasteiger partial charge on any atom is 0.343 e. The second kappa shape index (κ2) is 7.35. The van der Waals surface area contributed by atoms with E-state index in [2.05, 4.69) is 20.5 Å². The number of carbonyl (C=O) groups excluding carboxylic acids is 2. The SMILES string of the molecule is CCOC(=O)c1c(NC(=O)CCc2ccncc2)n[nH]c1C. The first-order valence-corrected chi connectivity index (χ1v) is 7.02. The number of H-pyrrole nitrogens is 1. The molecular formula is C15H18N4O3. The van der Waals surface area contributed by atoms with Gasteiger partial charge >= 0.3 is 5.97 Å². The zero-order valence-electron chi connectivity index (χ0n) is 12.5. The molecule has 22 heavy (non-hydrogen) atoms. The molecule has 7 nitrogen and oxygen atoms in total. The highest BCUT2D eigenvalue weighted by Gasteiger charge is 2.20. The molecule has 2 rings (SSSR count). The lowest BCUT2D eigenvalue weighted by Crippen LogP contribution is -2.16. The molecular weight excluding hydrogens is 284 g/mol. The van der Waals surface area contributed by atoms with Gasteiger partial charge in [0.25, 0.3) is 0 Å². The van der Waals surface area contributed by atoms with Gasteiger partial charge < -0.3 is 10.1 Å². The molecule has 2 aromatic rings. The van der Waals surface area contributed by atoms with E-state index in [9.17, 15) is 9.59 Å². The molecule has 0 fully saturated rings. The van der Waals surface area contributed by atoms with Crippen molar-refractivity contribution in [1.82, 2.24) is 15.2 Å². The average Bonchev–Trinajstić information content (AvgIpc) is 2.87. The van der Waals surface area contributed by atoms with Crippen LogP contribution in [-0.4, -0.2) is 33.7 Å². The molecule has 0 spiro atoms. The predicted molar refractivity (Wildman–Crippen MR) is 80.5 cm³/mol. The van der Waals surface area contributed by atoms with Gasteiger partial charge in [0, 0.05) is 24.5 Å². The van der Waals surface area contributed by atoms with Crippen LogP contribution in [0.2, 0.25) is 0 Å². The summed E-state index contributed by atoms with van der Waals surface area (Å²) in [6.45, 7) is 3.69. The van der Waals surface area contributed by atoms with Gasteiger partial charge in [-0.25, -0.2) is 4.79 Å². The summed E-state index contributed by atoms with van der Waals surface area (Å²) < 4.78 is 4.96. The summed E-state index contributed by atoms with van der Waals surface area (Å²) in [6, 6.07) is 3.71. The Morgan fingerprint density at radius 2 is 2.05 bits per heavy atom. The van der Waals surface area contributed by atoms with Crippen molar-refractivity contribution in [3.05, 3.63) is 41.3 Å². The molecule has 1 amide bonds. The second-order valence-corrected chi connectivity index (χ2v) is 4.70. The highest BCUT2D eigenvalue weighted by Crippen LogP contribution is 2.17. The van der Waals surface area contributed by atoms with Crippen molar-refractivity contribution in [3.63, 3.8) is 0 Å². The Labute approximate surface area is 128 Å². The Morgan fingerprint density at radius 3 is 2.73 bits per heavy atom. The highest BCUT2D eigenvalue weighted by atomic mass is 16.5. The Bertz CT molecular complexity index is 652. The number of esters is 1. The van der Waals surface area contributed by atoms with Crippen LogP contribution >= 0.6 is 0 Å². The van der Waals surface area contributed by atoms with Crippen LogP contribution in [0.4, 0.5) is 5.82 Å². The number of carbonyl (C=O) groups is 2. The first kappa shape index (κ1) is 15.7. The third-order valence-electron chi connectivity index (χ3n) is 3.07. The topological polar surface area (TPSA) is 97.0 Å². The number of nitrogens with zero attached hydrogens (tertiary/aromatic N) is 2. The van der Waals surface area contributed by atoms with Crippen LogP contribution in [0.5, 0.6) is 0 Å². The maximum absolute atomic E-state index is 12.0. The standard InChI is InChI=1S/C15H18N4O3/c1-3-22-15(21)13-10(2)18-19-14(13)17-12(20)5-4-11-6-8-16-9-7-11/h6-9H,3-5H2,1-2H3,(H2,17,18,19,20).